The fraction of sp³-hybridized carbons (Fsp3) is 0. The molecule has 3 aromatic rings. The molecule has 0 atom stereocenters. The number of nitrogens with one attached hydrogen (secondary N) is 2. The van der Waals surface area contributed by atoms with Gasteiger partial charge in [0, 0.05) is 11.1 Å². The lowest BCUT2D eigenvalue weighted by Crippen LogP contribution is -1.99. The van der Waals surface area contributed by atoms with Crippen LogP contribution in [-0.2, 0) is 0 Å². The Bertz CT molecular complexity index is 1020. The molecule has 0 saturated heterocycles. The van der Waals surface area contributed by atoms with E-state index in [1.54, 1.807) is 18.2 Å². The molecular formula is C14H9ClN6O4. The van der Waals surface area contributed by atoms with E-state index in [0.717, 1.165) is 17.6 Å². The van der Waals surface area contributed by atoms with Gasteiger partial charge < -0.3 is 4.98 Å². The normalized spacial score (nSPS) is 11.1. The molecule has 3 rings (SSSR count). The molecule has 25 heavy (non-hydrogen) atoms. The van der Waals surface area contributed by atoms with E-state index in [-0.39, 0.29) is 11.4 Å². The number of imidazole rings is 1. The molecule has 0 aliphatic rings. The quantitative estimate of drug-likeness (QED) is 0.405. The molecule has 0 aliphatic carbocycles. The van der Waals surface area contributed by atoms with E-state index >= 15 is 0 Å². The second-order valence-corrected chi connectivity index (χ2v) is 5.31. The van der Waals surface area contributed by atoms with Gasteiger partial charge in [0.25, 0.3) is 5.69 Å². The smallest absolute Gasteiger partial charge is 0.301 e. The minimum absolute atomic E-state index is 0.0194. The molecule has 1 heterocycles. The standard InChI is InChI=1S/C14H9ClN6O4/c15-8-1-3-10-12(5-8)18-14(17-10)7-16-19-11-4-2-9(20(22)23)6-13(11)21(24)25/h1-7,19H,(H,17,18)/b16-7-. The van der Waals surface area contributed by atoms with Gasteiger partial charge in [0.15, 0.2) is 5.82 Å². The van der Waals surface area contributed by atoms with Gasteiger partial charge in [0.05, 0.1) is 33.2 Å². The average Bonchev–Trinajstić information content (AvgIpc) is 2.96. The summed E-state index contributed by atoms with van der Waals surface area (Å²) < 4.78 is 0. The van der Waals surface area contributed by atoms with Crippen LogP contribution in [0.4, 0.5) is 17.1 Å². The predicted octanol–water partition coefficient (Wildman–Crippen LogP) is 3.48. The van der Waals surface area contributed by atoms with Crippen LogP contribution >= 0.6 is 11.6 Å². The summed E-state index contributed by atoms with van der Waals surface area (Å²) in [5, 5.41) is 26.2. The van der Waals surface area contributed by atoms with Crippen LogP contribution in [0.5, 0.6) is 0 Å². The van der Waals surface area contributed by atoms with E-state index < -0.39 is 15.5 Å². The summed E-state index contributed by atoms with van der Waals surface area (Å²) >= 11 is 5.89. The van der Waals surface area contributed by atoms with Crippen LogP contribution in [0.3, 0.4) is 0 Å². The number of anilines is 1. The van der Waals surface area contributed by atoms with Crippen LogP contribution in [0.1, 0.15) is 5.82 Å². The summed E-state index contributed by atoms with van der Waals surface area (Å²) in [6.45, 7) is 0. The molecule has 2 N–H and O–H groups in total. The number of nitro benzene ring substituents is 2. The third kappa shape index (κ3) is 3.53. The summed E-state index contributed by atoms with van der Waals surface area (Å²) in [6.07, 6.45) is 1.33. The van der Waals surface area contributed by atoms with Gasteiger partial charge in [0.1, 0.15) is 5.69 Å². The van der Waals surface area contributed by atoms with E-state index in [9.17, 15) is 20.2 Å². The van der Waals surface area contributed by atoms with Crippen molar-refractivity contribution >= 4 is 45.9 Å². The summed E-state index contributed by atoms with van der Waals surface area (Å²) in [5.41, 5.74) is 3.07. The number of hydrazone groups is 1. The zero-order chi connectivity index (χ0) is 18.0. The van der Waals surface area contributed by atoms with Crippen molar-refractivity contribution in [2.24, 2.45) is 5.10 Å². The van der Waals surface area contributed by atoms with Crippen molar-refractivity contribution in [3.8, 4) is 0 Å². The van der Waals surface area contributed by atoms with Gasteiger partial charge in [-0.15, -0.1) is 0 Å². The Morgan fingerprint density at radius 2 is 1.96 bits per heavy atom. The van der Waals surface area contributed by atoms with Crippen molar-refractivity contribution in [3.63, 3.8) is 0 Å². The molecule has 0 aliphatic heterocycles. The molecule has 1 aromatic heterocycles. The lowest BCUT2D eigenvalue weighted by Gasteiger charge is -2.01. The number of benzene rings is 2. The summed E-state index contributed by atoms with van der Waals surface area (Å²) in [5.74, 6) is 0.411. The van der Waals surface area contributed by atoms with Gasteiger partial charge in [-0.2, -0.15) is 5.10 Å². The van der Waals surface area contributed by atoms with Gasteiger partial charge in [-0.25, -0.2) is 4.98 Å². The SMILES string of the molecule is O=[N+]([O-])c1ccc(N/N=C\c2nc3ccc(Cl)cc3[nH]2)c([N+](=O)[O-])c1. The van der Waals surface area contributed by atoms with E-state index in [2.05, 4.69) is 20.5 Å². The molecule has 0 spiro atoms. The molecule has 126 valence electrons. The van der Waals surface area contributed by atoms with E-state index in [0.29, 0.717) is 16.4 Å². The van der Waals surface area contributed by atoms with Crippen LogP contribution in [0, 0.1) is 20.2 Å². The Kier molecular flexibility index (Phi) is 4.27. The highest BCUT2D eigenvalue weighted by molar-refractivity contribution is 6.31. The van der Waals surface area contributed by atoms with Gasteiger partial charge in [-0.05, 0) is 24.3 Å². The number of aromatic amines is 1. The van der Waals surface area contributed by atoms with Crippen LogP contribution in [0.25, 0.3) is 11.0 Å². The molecule has 0 unspecified atom stereocenters. The van der Waals surface area contributed by atoms with Gasteiger partial charge in [-0.3, -0.25) is 25.7 Å². The van der Waals surface area contributed by atoms with Gasteiger partial charge in [0.2, 0.25) is 0 Å². The second-order valence-electron chi connectivity index (χ2n) is 4.87. The number of hydrogen-bond donors (Lipinski definition) is 2. The number of fused-ring (bicyclic) bond motifs is 1. The van der Waals surface area contributed by atoms with Crippen molar-refractivity contribution in [2.45, 2.75) is 0 Å². The van der Waals surface area contributed by atoms with Gasteiger partial charge in [-0.1, -0.05) is 11.6 Å². The number of nitrogens with zero attached hydrogens (tertiary/aromatic N) is 4. The number of H-pyrrole nitrogens is 1. The van der Waals surface area contributed by atoms with Crippen molar-refractivity contribution in [1.29, 1.82) is 0 Å². The highest BCUT2D eigenvalue weighted by atomic mass is 35.5. The maximum absolute atomic E-state index is 11.0. The summed E-state index contributed by atoms with van der Waals surface area (Å²) in [7, 11) is 0. The summed E-state index contributed by atoms with van der Waals surface area (Å²) in [6, 6.07) is 8.36. The van der Waals surface area contributed by atoms with Gasteiger partial charge >= 0.3 is 5.69 Å². The van der Waals surface area contributed by atoms with Crippen molar-refractivity contribution < 1.29 is 9.85 Å². The molecule has 0 fully saturated rings. The van der Waals surface area contributed by atoms with E-state index in [1.807, 2.05) is 0 Å². The minimum atomic E-state index is -0.728. The Hall–Kier alpha value is -3.53. The number of non-ortho nitro benzene ring substituents is 1. The molecule has 11 heteroatoms. The van der Waals surface area contributed by atoms with Crippen molar-refractivity contribution in [2.75, 3.05) is 5.43 Å². The first-order valence-electron chi connectivity index (χ1n) is 6.81. The number of hydrogen-bond acceptors (Lipinski definition) is 7. The molecule has 0 radical (unpaired) electrons. The topological polar surface area (TPSA) is 139 Å². The molecule has 2 aromatic carbocycles. The van der Waals surface area contributed by atoms with E-state index in [4.69, 9.17) is 11.6 Å². The zero-order valence-electron chi connectivity index (χ0n) is 12.3. The molecule has 0 amide bonds. The third-order valence-corrected chi connectivity index (χ3v) is 3.46. The molecule has 0 saturated carbocycles. The Morgan fingerprint density at radius 3 is 2.68 bits per heavy atom. The van der Waals surface area contributed by atoms with Crippen LogP contribution in [0.15, 0.2) is 41.5 Å². The first kappa shape index (κ1) is 16.3. The third-order valence-electron chi connectivity index (χ3n) is 3.22. The monoisotopic (exact) mass is 360 g/mol. The van der Waals surface area contributed by atoms with Crippen molar-refractivity contribution in [3.05, 3.63) is 67.5 Å². The lowest BCUT2D eigenvalue weighted by atomic mass is 10.2. The second kappa shape index (κ2) is 6.53. The van der Waals surface area contributed by atoms with Crippen LogP contribution in [0.2, 0.25) is 5.02 Å². The predicted molar refractivity (Wildman–Crippen MR) is 92.1 cm³/mol. The number of aromatic nitrogens is 2. The number of rotatable bonds is 5. The Morgan fingerprint density at radius 1 is 1.16 bits per heavy atom. The largest absolute Gasteiger partial charge is 0.337 e. The van der Waals surface area contributed by atoms with Crippen LogP contribution < -0.4 is 5.43 Å². The fourth-order valence-corrected chi connectivity index (χ4v) is 2.28. The number of halogens is 1. The van der Waals surface area contributed by atoms with Crippen molar-refractivity contribution in [1.82, 2.24) is 9.97 Å². The molecule has 10 nitrogen and oxygen atoms in total. The Labute approximate surface area is 144 Å². The molecular weight excluding hydrogens is 352 g/mol. The maximum Gasteiger partial charge on any atom is 0.301 e. The first-order chi connectivity index (χ1) is 11.9. The Balaban J connectivity index is 1.83. The van der Waals surface area contributed by atoms with E-state index in [1.165, 1.54) is 12.3 Å². The highest BCUT2D eigenvalue weighted by Gasteiger charge is 2.19. The fourth-order valence-electron chi connectivity index (χ4n) is 2.10. The highest BCUT2D eigenvalue weighted by Crippen LogP contribution is 2.28. The lowest BCUT2D eigenvalue weighted by molar-refractivity contribution is -0.393. The summed E-state index contributed by atoms with van der Waals surface area (Å²) in [4.78, 5) is 27.5. The average molecular weight is 361 g/mol. The maximum atomic E-state index is 11.0. The zero-order valence-corrected chi connectivity index (χ0v) is 13.1. The number of nitro groups is 2. The first-order valence-corrected chi connectivity index (χ1v) is 7.19. The molecule has 0 bridgehead atoms. The minimum Gasteiger partial charge on any atom is -0.337 e. The van der Waals surface area contributed by atoms with Crippen LogP contribution in [-0.4, -0.2) is 26.0 Å².